The van der Waals surface area contributed by atoms with Gasteiger partial charge >= 0.3 is 0 Å². The third kappa shape index (κ3) is 1.90. The highest BCUT2D eigenvalue weighted by Gasteiger charge is 2.70. The molecule has 0 bridgehead atoms. The fourth-order valence-electron chi connectivity index (χ4n) is 4.10. The lowest BCUT2D eigenvalue weighted by atomic mass is 9.90. The highest BCUT2D eigenvalue weighted by atomic mass is 15.5. The quantitative estimate of drug-likeness (QED) is 0.716. The molecule has 2 heterocycles. The van der Waals surface area contributed by atoms with Gasteiger partial charge in [0.1, 0.15) is 12.3 Å². The topological polar surface area (TPSA) is 16.8 Å². The Morgan fingerprint density at radius 3 is 2.00 bits per heavy atom. The number of nitrogens with one attached hydrogen (secondary N) is 1. The number of quaternary nitrogens is 1. The van der Waals surface area contributed by atoms with Gasteiger partial charge in [-0.3, -0.25) is 4.90 Å². The van der Waals surface area contributed by atoms with Gasteiger partial charge in [0.05, 0.1) is 0 Å². The Hall–Kier alpha value is -2.71. The van der Waals surface area contributed by atoms with Crippen molar-refractivity contribution in [1.29, 1.82) is 0 Å². The van der Waals surface area contributed by atoms with Crippen LogP contribution in [0.4, 0.5) is 0 Å². The SMILES string of the molecule is c1ccc(C2=N[C@H](c3ccccc3)[NH+]3C[C@@]23c2ccccc2)cc1. The van der Waals surface area contributed by atoms with Crippen molar-refractivity contribution < 1.29 is 4.90 Å². The summed E-state index contributed by atoms with van der Waals surface area (Å²) in [5.74, 6) is 0. The number of rotatable bonds is 3. The standard InChI is InChI=1S/C22H18N2/c1-4-10-17(11-5-1)20-22(19-14-8-3-9-15-19)16-24(22)21(23-20)18-12-6-2-7-13-18/h1-15,21H,16H2/p+1/t21-,22+,24?/m0/s1. The maximum Gasteiger partial charge on any atom is 0.218 e. The summed E-state index contributed by atoms with van der Waals surface area (Å²) < 4.78 is 0. The molecule has 0 saturated carbocycles. The zero-order valence-electron chi connectivity index (χ0n) is 13.4. The number of benzene rings is 3. The van der Waals surface area contributed by atoms with E-state index in [9.17, 15) is 0 Å². The van der Waals surface area contributed by atoms with Crippen molar-refractivity contribution in [3.63, 3.8) is 0 Å². The van der Waals surface area contributed by atoms with Crippen LogP contribution in [-0.2, 0) is 5.54 Å². The molecule has 2 aliphatic rings. The molecule has 0 spiro atoms. The molecule has 3 aromatic carbocycles. The van der Waals surface area contributed by atoms with Crippen LogP contribution in [0.15, 0.2) is 96.0 Å². The van der Waals surface area contributed by atoms with Gasteiger partial charge in [0.2, 0.25) is 11.7 Å². The molecule has 2 nitrogen and oxygen atoms in total. The predicted molar refractivity (Wildman–Crippen MR) is 96.1 cm³/mol. The molecule has 116 valence electrons. The van der Waals surface area contributed by atoms with Crippen LogP contribution in [0.25, 0.3) is 0 Å². The Kier molecular flexibility index (Phi) is 2.94. The Balaban J connectivity index is 1.66. The maximum absolute atomic E-state index is 5.19. The average Bonchev–Trinajstić information content (AvgIpc) is 3.33. The van der Waals surface area contributed by atoms with Gasteiger partial charge in [0, 0.05) is 16.7 Å². The van der Waals surface area contributed by atoms with E-state index in [1.54, 1.807) is 4.90 Å². The summed E-state index contributed by atoms with van der Waals surface area (Å²) in [6.07, 6.45) is 0.196. The molecule has 0 amide bonds. The van der Waals surface area contributed by atoms with Crippen molar-refractivity contribution in [2.75, 3.05) is 6.54 Å². The second kappa shape index (κ2) is 5.15. The first-order chi connectivity index (χ1) is 11.9. The molecule has 5 rings (SSSR count). The summed E-state index contributed by atoms with van der Waals surface area (Å²) in [7, 11) is 0. The summed E-state index contributed by atoms with van der Waals surface area (Å²) in [6, 6.07) is 32.2. The lowest BCUT2D eigenvalue weighted by molar-refractivity contribution is -0.818. The van der Waals surface area contributed by atoms with Crippen LogP contribution in [-0.4, -0.2) is 12.3 Å². The van der Waals surface area contributed by atoms with Gasteiger partial charge < -0.3 is 0 Å². The Labute approximate surface area is 142 Å². The molecule has 1 N–H and O–H groups in total. The first-order valence-electron chi connectivity index (χ1n) is 8.50. The summed E-state index contributed by atoms with van der Waals surface area (Å²) >= 11 is 0. The van der Waals surface area contributed by atoms with E-state index >= 15 is 0 Å². The third-order valence-electron chi connectivity index (χ3n) is 5.30. The smallest absolute Gasteiger partial charge is 0.218 e. The van der Waals surface area contributed by atoms with Gasteiger partial charge in [-0.25, -0.2) is 4.99 Å². The van der Waals surface area contributed by atoms with E-state index in [0.29, 0.717) is 0 Å². The second-order valence-corrected chi connectivity index (χ2v) is 6.63. The Morgan fingerprint density at radius 1 is 0.750 bits per heavy atom. The normalized spacial score (nSPS) is 27.4. The average molecular weight is 311 g/mol. The van der Waals surface area contributed by atoms with E-state index in [2.05, 4.69) is 91.0 Å². The molecule has 3 atom stereocenters. The van der Waals surface area contributed by atoms with Crippen LogP contribution in [0.1, 0.15) is 22.9 Å². The minimum absolute atomic E-state index is 0.0170. The summed E-state index contributed by atoms with van der Waals surface area (Å²) in [5, 5.41) is 0. The van der Waals surface area contributed by atoms with Crippen LogP contribution in [0.2, 0.25) is 0 Å². The predicted octanol–water partition coefficient (Wildman–Crippen LogP) is 2.98. The molecule has 1 unspecified atom stereocenters. The van der Waals surface area contributed by atoms with Crippen LogP contribution in [0, 0.1) is 0 Å². The summed E-state index contributed by atoms with van der Waals surface area (Å²) in [6.45, 7) is 1.12. The van der Waals surface area contributed by atoms with E-state index in [0.717, 1.165) is 6.54 Å². The molecule has 2 aliphatic heterocycles. The van der Waals surface area contributed by atoms with Gasteiger partial charge in [-0.15, -0.1) is 0 Å². The second-order valence-electron chi connectivity index (χ2n) is 6.63. The first-order valence-corrected chi connectivity index (χ1v) is 8.50. The van der Waals surface area contributed by atoms with E-state index in [1.807, 2.05) is 0 Å². The lowest BCUT2D eigenvalue weighted by Gasteiger charge is -2.11. The van der Waals surface area contributed by atoms with Crippen LogP contribution in [0.5, 0.6) is 0 Å². The Bertz CT molecular complexity index is 887. The number of aliphatic imine (C=N–C) groups is 1. The largest absolute Gasteiger partial charge is 0.286 e. The van der Waals surface area contributed by atoms with Crippen LogP contribution >= 0.6 is 0 Å². The fraction of sp³-hybridized carbons (Fsp3) is 0.136. The number of hydrogen-bond acceptors (Lipinski definition) is 1. The molecule has 1 saturated heterocycles. The van der Waals surface area contributed by atoms with Gasteiger partial charge in [0.15, 0.2) is 0 Å². The zero-order valence-corrected chi connectivity index (χ0v) is 13.4. The highest BCUT2D eigenvalue weighted by Crippen LogP contribution is 2.38. The molecule has 0 radical (unpaired) electrons. The summed E-state index contributed by atoms with van der Waals surface area (Å²) in [4.78, 5) is 6.73. The zero-order chi connectivity index (χ0) is 16.0. The molecule has 1 fully saturated rings. The van der Waals surface area contributed by atoms with Crippen LogP contribution in [0.3, 0.4) is 0 Å². The van der Waals surface area contributed by atoms with Crippen molar-refractivity contribution in [2.24, 2.45) is 4.99 Å². The van der Waals surface area contributed by atoms with E-state index in [1.165, 1.54) is 22.4 Å². The van der Waals surface area contributed by atoms with Crippen LogP contribution < -0.4 is 4.90 Å². The lowest BCUT2D eigenvalue weighted by Crippen LogP contribution is -2.95. The molecular formula is C22H19N2+. The maximum atomic E-state index is 5.19. The highest BCUT2D eigenvalue weighted by molar-refractivity contribution is 6.09. The molecule has 0 aromatic heterocycles. The van der Waals surface area contributed by atoms with Crippen molar-refractivity contribution >= 4 is 5.71 Å². The summed E-state index contributed by atoms with van der Waals surface area (Å²) in [5.41, 5.74) is 5.17. The van der Waals surface area contributed by atoms with Crippen molar-refractivity contribution in [3.8, 4) is 0 Å². The van der Waals surface area contributed by atoms with E-state index < -0.39 is 0 Å². The van der Waals surface area contributed by atoms with Crippen molar-refractivity contribution in [3.05, 3.63) is 108 Å². The van der Waals surface area contributed by atoms with Gasteiger partial charge in [0.25, 0.3) is 0 Å². The molecule has 2 heteroatoms. The monoisotopic (exact) mass is 311 g/mol. The number of fused-ring (bicyclic) bond motifs is 1. The Morgan fingerprint density at radius 2 is 1.33 bits per heavy atom. The van der Waals surface area contributed by atoms with E-state index in [4.69, 9.17) is 4.99 Å². The molecule has 3 aromatic rings. The van der Waals surface area contributed by atoms with Gasteiger partial charge in [-0.2, -0.15) is 0 Å². The third-order valence-corrected chi connectivity index (χ3v) is 5.30. The fourth-order valence-corrected chi connectivity index (χ4v) is 4.10. The molecule has 24 heavy (non-hydrogen) atoms. The van der Waals surface area contributed by atoms with Crippen molar-refractivity contribution in [2.45, 2.75) is 11.7 Å². The molecule has 0 aliphatic carbocycles. The first kappa shape index (κ1) is 13.7. The van der Waals surface area contributed by atoms with Gasteiger partial charge in [-0.1, -0.05) is 91.0 Å². The van der Waals surface area contributed by atoms with Crippen molar-refractivity contribution in [1.82, 2.24) is 0 Å². The number of hydrogen-bond donors (Lipinski definition) is 1. The van der Waals surface area contributed by atoms with E-state index in [-0.39, 0.29) is 11.7 Å². The van der Waals surface area contributed by atoms with Gasteiger partial charge in [-0.05, 0) is 0 Å². The minimum Gasteiger partial charge on any atom is -0.286 e. The number of nitrogens with zero attached hydrogens (tertiary/aromatic N) is 1. The minimum atomic E-state index is 0.0170. The molecular weight excluding hydrogens is 292 g/mol.